The van der Waals surface area contributed by atoms with Crippen LogP contribution >= 0.6 is 0 Å². The fourth-order valence-corrected chi connectivity index (χ4v) is 5.18. The van der Waals surface area contributed by atoms with Gasteiger partial charge < -0.3 is 5.73 Å². The summed E-state index contributed by atoms with van der Waals surface area (Å²) in [5.74, 6) is 1.31. The Labute approximate surface area is 223 Å². The van der Waals surface area contributed by atoms with Crippen molar-refractivity contribution in [1.29, 1.82) is 0 Å². The predicted octanol–water partition coefficient (Wildman–Crippen LogP) is 8.73. The molecule has 2 aromatic carbocycles. The number of fused-ring (bicyclic) bond motifs is 3. The first-order valence-corrected chi connectivity index (χ1v) is 14.1. The van der Waals surface area contributed by atoms with Crippen LogP contribution in [0.5, 0.6) is 0 Å². The van der Waals surface area contributed by atoms with Crippen molar-refractivity contribution >= 4 is 27.6 Å². The molecule has 0 fully saturated rings. The summed E-state index contributed by atoms with van der Waals surface area (Å²) in [5.41, 5.74) is 14.9. The molecule has 2 heterocycles. The second-order valence-corrected chi connectivity index (χ2v) is 10.9. The van der Waals surface area contributed by atoms with Crippen molar-refractivity contribution in [3.8, 4) is 0 Å². The van der Waals surface area contributed by atoms with E-state index < -0.39 is 0 Å². The van der Waals surface area contributed by atoms with Crippen LogP contribution in [0.15, 0.2) is 60.8 Å². The summed E-state index contributed by atoms with van der Waals surface area (Å²) in [6.45, 7) is 9.03. The van der Waals surface area contributed by atoms with Crippen molar-refractivity contribution in [2.24, 2.45) is 5.92 Å². The second-order valence-electron chi connectivity index (χ2n) is 10.9. The maximum atomic E-state index is 6.33. The first kappa shape index (κ1) is 26.9. The third-order valence-electron chi connectivity index (χ3n) is 7.37. The average Bonchev–Trinajstić information content (AvgIpc) is 2.88. The van der Waals surface area contributed by atoms with E-state index in [4.69, 9.17) is 10.7 Å². The number of nitrogens with two attached hydrogens (primary N) is 1. The van der Waals surface area contributed by atoms with Crippen LogP contribution in [-0.2, 0) is 25.7 Å². The number of aryl methyl sites for hydroxylation is 5. The predicted molar refractivity (Wildman–Crippen MR) is 160 cm³/mol. The quantitative estimate of drug-likeness (QED) is 0.122. The highest BCUT2D eigenvalue weighted by Crippen LogP contribution is 2.29. The van der Waals surface area contributed by atoms with Crippen molar-refractivity contribution in [1.82, 2.24) is 9.97 Å². The molecule has 0 saturated carbocycles. The molecule has 0 radical (unpaired) electrons. The largest absolute Gasteiger partial charge is 0.382 e. The minimum atomic E-state index is 0.511. The summed E-state index contributed by atoms with van der Waals surface area (Å²) in [7, 11) is 0. The number of hydrogen-bond donors (Lipinski definition) is 1. The maximum absolute atomic E-state index is 6.33. The minimum Gasteiger partial charge on any atom is -0.382 e. The molecule has 4 aromatic rings. The average molecular weight is 494 g/mol. The van der Waals surface area contributed by atoms with Gasteiger partial charge in [-0.25, -0.2) is 4.98 Å². The first-order chi connectivity index (χ1) is 17.9. The van der Waals surface area contributed by atoms with Gasteiger partial charge in [-0.05, 0) is 97.7 Å². The molecule has 0 aliphatic rings. The van der Waals surface area contributed by atoms with Crippen LogP contribution < -0.4 is 5.73 Å². The lowest BCUT2D eigenvalue weighted by atomic mass is 9.96. The molecule has 0 saturated heterocycles. The Morgan fingerprint density at radius 1 is 0.838 bits per heavy atom. The number of benzene rings is 2. The van der Waals surface area contributed by atoms with Gasteiger partial charge in [0.2, 0.25) is 0 Å². The molecular formula is C34H43N3. The third kappa shape index (κ3) is 7.19. The molecule has 0 spiro atoms. The van der Waals surface area contributed by atoms with Crippen molar-refractivity contribution in [2.45, 2.75) is 85.5 Å². The third-order valence-corrected chi connectivity index (χ3v) is 7.37. The van der Waals surface area contributed by atoms with Crippen molar-refractivity contribution in [2.75, 3.05) is 5.73 Å². The number of hydrogen-bond acceptors (Lipinski definition) is 3. The monoisotopic (exact) mass is 493 g/mol. The fraction of sp³-hybridized carbons (Fsp3) is 0.412. The molecule has 3 heteroatoms. The standard InChI is InChI=1S/C34H43N3/c1-5-6-7-8-12-27-16-19-30-31-21-28(23-36-33(31)34(35)37-32(30)22-27)15-18-29-17-14-26(20-25(29)4)13-10-9-11-24(2)3/h6-7,14,16-17,19-24H,5,8-13,15,18H2,1-4H3,(H2,35,37). The van der Waals surface area contributed by atoms with Gasteiger partial charge in [-0.15, -0.1) is 0 Å². The molecule has 2 N–H and O–H groups in total. The zero-order chi connectivity index (χ0) is 26.2. The van der Waals surface area contributed by atoms with Crippen LogP contribution in [-0.4, -0.2) is 9.97 Å². The van der Waals surface area contributed by atoms with E-state index in [0.717, 1.165) is 59.8 Å². The lowest BCUT2D eigenvalue weighted by Gasteiger charge is -2.11. The van der Waals surface area contributed by atoms with Gasteiger partial charge in [0.05, 0.1) is 5.52 Å². The zero-order valence-electron chi connectivity index (χ0n) is 23.2. The van der Waals surface area contributed by atoms with E-state index in [0.29, 0.717) is 5.82 Å². The number of allylic oxidation sites excluding steroid dienone is 2. The first-order valence-electron chi connectivity index (χ1n) is 14.1. The van der Waals surface area contributed by atoms with E-state index in [1.165, 1.54) is 53.5 Å². The summed E-state index contributed by atoms with van der Waals surface area (Å²) in [5, 5.41) is 2.23. The minimum absolute atomic E-state index is 0.511. The van der Waals surface area contributed by atoms with Crippen LogP contribution in [0.4, 0.5) is 5.82 Å². The number of anilines is 1. The van der Waals surface area contributed by atoms with E-state index >= 15 is 0 Å². The fourth-order valence-electron chi connectivity index (χ4n) is 5.18. The van der Waals surface area contributed by atoms with E-state index in [1.54, 1.807) is 0 Å². The van der Waals surface area contributed by atoms with Crippen LogP contribution in [0, 0.1) is 12.8 Å². The van der Waals surface area contributed by atoms with Gasteiger partial charge in [-0.2, -0.15) is 0 Å². The SMILES string of the molecule is CCC=CCCc1ccc2c(c1)nc(N)c1ncc(CCc3ccc(CCCCC(C)C)cc3C)cc12. The highest BCUT2D eigenvalue weighted by molar-refractivity contribution is 6.08. The van der Waals surface area contributed by atoms with Crippen molar-refractivity contribution in [3.05, 3.63) is 88.6 Å². The van der Waals surface area contributed by atoms with Crippen LogP contribution in [0.1, 0.15) is 80.7 Å². The molecule has 2 aromatic heterocycles. The van der Waals surface area contributed by atoms with Crippen molar-refractivity contribution in [3.63, 3.8) is 0 Å². The Balaban J connectivity index is 1.47. The number of nitrogens with zero attached hydrogens (tertiary/aromatic N) is 2. The number of pyridine rings is 2. The Kier molecular flexibility index (Phi) is 9.33. The van der Waals surface area contributed by atoms with Gasteiger partial charge in [0, 0.05) is 17.0 Å². The second kappa shape index (κ2) is 12.9. The molecule has 0 aliphatic heterocycles. The summed E-state index contributed by atoms with van der Waals surface area (Å²) >= 11 is 0. The summed E-state index contributed by atoms with van der Waals surface area (Å²) in [6, 6.07) is 15.9. The van der Waals surface area contributed by atoms with Crippen molar-refractivity contribution < 1.29 is 0 Å². The molecule has 37 heavy (non-hydrogen) atoms. The normalized spacial score (nSPS) is 11.9. The molecule has 0 aliphatic carbocycles. The van der Waals surface area contributed by atoms with Crippen LogP contribution in [0.3, 0.4) is 0 Å². The maximum Gasteiger partial charge on any atom is 0.150 e. The summed E-state index contributed by atoms with van der Waals surface area (Å²) in [4.78, 5) is 9.41. The Morgan fingerprint density at radius 2 is 1.65 bits per heavy atom. The lowest BCUT2D eigenvalue weighted by molar-refractivity contribution is 0.538. The molecule has 0 atom stereocenters. The van der Waals surface area contributed by atoms with E-state index in [2.05, 4.69) is 87.3 Å². The molecule has 194 valence electrons. The van der Waals surface area contributed by atoms with Gasteiger partial charge >= 0.3 is 0 Å². The molecular weight excluding hydrogens is 450 g/mol. The molecule has 0 unspecified atom stereocenters. The summed E-state index contributed by atoms with van der Waals surface area (Å²) in [6.07, 6.45) is 16.7. The lowest BCUT2D eigenvalue weighted by Crippen LogP contribution is -1.99. The van der Waals surface area contributed by atoms with Crippen LogP contribution in [0.25, 0.3) is 21.8 Å². The highest BCUT2D eigenvalue weighted by Gasteiger charge is 2.10. The van der Waals surface area contributed by atoms with Crippen LogP contribution in [0.2, 0.25) is 0 Å². The Bertz CT molecular complexity index is 1370. The molecule has 3 nitrogen and oxygen atoms in total. The van der Waals surface area contributed by atoms with Gasteiger partial charge in [0.1, 0.15) is 5.52 Å². The highest BCUT2D eigenvalue weighted by atomic mass is 14.9. The molecule has 0 amide bonds. The van der Waals surface area contributed by atoms with E-state index in [1.807, 2.05) is 6.20 Å². The zero-order valence-corrected chi connectivity index (χ0v) is 23.2. The van der Waals surface area contributed by atoms with E-state index in [9.17, 15) is 0 Å². The van der Waals surface area contributed by atoms with Gasteiger partial charge in [0.15, 0.2) is 5.82 Å². The Morgan fingerprint density at radius 3 is 2.43 bits per heavy atom. The molecule has 0 bridgehead atoms. The molecule has 4 rings (SSSR count). The number of unbranched alkanes of at least 4 members (excludes halogenated alkanes) is 1. The number of aromatic nitrogens is 2. The van der Waals surface area contributed by atoms with Gasteiger partial charge in [-0.3, -0.25) is 4.98 Å². The topological polar surface area (TPSA) is 51.8 Å². The number of nitrogen functional groups attached to an aromatic ring is 1. The summed E-state index contributed by atoms with van der Waals surface area (Å²) < 4.78 is 0. The van der Waals surface area contributed by atoms with Gasteiger partial charge in [0.25, 0.3) is 0 Å². The van der Waals surface area contributed by atoms with E-state index in [-0.39, 0.29) is 0 Å². The smallest absolute Gasteiger partial charge is 0.150 e. The number of rotatable bonds is 12. The van der Waals surface area contributed by atoms with Gasteiger partial charge in [-0.1, -0.05) is 76.1 Å². The Hall–Kier alpha value is -3.20.